The van der Waals surface area contributed by atoms with Gasteiger partial charge in [-0.25, -0.2) is 0 Å². The molecule has 0 radical (unpaired) electrons. The third-order valence-corrected chi connectivity index (χ3v) is 3.87. The molecule has 2 aromatic rings. The predicted molar refractivity (Wildman–Crippen MR) is 93.8 cm³/mol. The van der Waals surface area contributed by atoms with E-state index in [1.54, 1.807) is 12.1 Å². The van der Waals surface area contributed by atoms with Crippen molar-refractivity contribution in [2.24, 2.45) is 0 Å². The summed E-state index contributed by atoms with van der Waals surface area (Å²) in [5, 5.41) is 14.1. The molecule has 1 aliphatic heterocycles. The average Bonchev–Trinajstić information content (AvgIpc) is 3.11. The van der Waals surface area contributed by atoms with Crippen LogP contribution in [0, 0.1) is 0 Å². The first-order valence-electron chi connectivity index (χ1n) is 8.50. The molecule has 0 saturated carbocycles. The molecule has 2 heterocycles. The Balaban J connectivity index is 1.50. The molecule has 0 unspecified atom stereocenters. The summed E-state index contributed by atoms with van der Waals surface area (Å²) < 4.78 is 10.6. The van der Waals surface area contributed by atoms with Gasteiger partial charge >= 0.3 is 0 Å². The highest BCUT2D eigenvalue weighted by Crippen LogP contribution is 2.32. The Labute approximate surface area is 146 Å². The zero-order valence-corrected chi connectivity index (χ0v) is 14.2. The number of carbonyl (C=O) groups excluding carboxylic acids is 1. The van der Waals surface area contributed by atoms with E-state index in [9.17, 15) is 4.79 Å². The minimum atomic E-state index is -0.189. The first-order valence-corrected chi connectivity index (χ1v) is 8.50. The van der Waals surface area contributed by atoms with Gasteiger partial charge in [-0.05, 0) is 36.2 Å². The van der Waals surface area contributed by atoms with Gasteiger partial charge in [0.15, 0.2) is 17.2 Å². The molecule has 0 atom stereocenters. The number of ether oxygens (including phenoxy) is 2. The van der Waals surface area contributed by atoms with Crippen molar-refractivity contribution in [2.75, 3.05) is 18.7 Å². The number of hydrogen-bond donors (Lipinski definition) is 2. The van der Waals surface area contributed by atoms with Gasteiger partial charge in [-0.2, -0.15) is 0 Å². The molecular weight excluding hydrogens is 320 g/mol. The van der Waals surface area contributed by atoms with E-state index in [2.05, 4.69) is 27.8 Å². The molecule has 0 bridgehead atoms. The molecule has 0 spiro atoms. The van der Waals surface area contributed by atoms with Crippen LogP contribution in [0.1, 0.15) is 42.2 Å². The van der Waals surface area contributed by atoms with Gasteiger partial charge < -0.3 is 20.1 Å². The molecule has 25 heavy (non-hydrogen) atoms. The van der Waals surface area contributed by atoms with Gasteiger partial charge in [0, 0.05) is 13.1 Å². The number of aromatic nitrogens is 2. The van der Waals surface area contributed by atoms with Crippen LogP contribution in [0.25, 0.3) is 0 Å². The molecule has 1 amide bonds. The van der Waals surface area contributed by atoms with Crippen LogP contribution in [-0.2, 0) is 6.54 Å². The molecule has 0 saturated heterocycles. The van der Waals surface area contributed by atoms with Crippen LogP contribution in [0.2, 0.25) is 0 Å². The van der Waals surface area contributed by atoms with Crippen molar-refractivity contribution >= 4 is 11.7 Å². The minimum Gasteiger partial charge on any atom is -0.454 e. The summed E-state index contributed by atoms with van der Waals surface area (Å²) in [6.07, 6.45) is 3.21. The van der Waals surface area contributed by atoms with Crippen LogP contribution in [0.5, 0.6) is 11.5 Å². The highest BCUT2D eigenvalue weighted by atomic mass is 16.7. The second-order valence-electron chi connectivity index (χ2n) is 5.81. The van der Waals surface area contributed by atoms with E-state index >= 15 is 0 Å². The monoisotopic (exact) mass is 342 g/mol. The van der Waals surface area contributed by atoms with Gasteiger partial charge in [-0.3, -0.25) is 4.79 Å². The number of amides is 1. The van der Waals surface area contributed by atoms with Crippen LogP contribution in [0.4, 0.5) is 5.82 Å². The summed E-state index contributed by atoms with van der Waals surface area (Å²) >= 11 is 0. The number of unbranched alkanes of at least 4 members (excludes halogenated alkanes) is 2. The summed E-state index contributed by atoms with van der Waals surface area (Å²) in [6.45, 7) is 3.63. The van der Waals surface area contributed by atoms with E-state index in [1.165, 1.54) is 0 Å². The third kappa shape index (κ3) is 4.59. The molecule has 3 rings (SSSR count). The maximum Gasteiger partial charge on any atom is 0.271 e. The molecule has 1 aromatic heterocycles. The van der Waals surface area contributed by atoms with Gasteiger partial charge in [-0.1, -0.05) is 25.8 Å². The quantitative estimate of drug-likeness (QED) is 0.718. The first-order chi connectivity index (χ1) is 12.3. The van der Waals surface area contributed by atoms with Crippen molar-refractivity contribution in [2.45, 2.75) is 32.7 Å². The Bertz CT molecular complexity index is 719. The average molecular weight is 342 g/mol. The Morgan fingerprint density at radius 1 is 1.12 bits per heavy atom. The molecule has 2 N–H and O–H groups in total. The number of nitrogens with zero attached hydrogens (tertiary/aromatic N) is 2. The maximum absolute atomic E-state index is 11.9. The SMILES string of the molecule is CCCCCNC(=O)c1ccc(NCc2ccc3c(c2)OCO3)nn1. The fourth-order valence-corrected chi connectivity index (χ4v) is 2.46. The second-order valence-corrected chi connectivity index (χ2v) is 5.81. The van der Waals surface area contributed by atoms with Gasteiger partial charge in [0.05, 0.1) is 0 Å². The number of hydrogen-bond acceptors (Lipinski definition) is 6. The Kier molecular flexibility index (Phi) is 5.66. The number of fused-ring (bicyclic) bond motifs is 1. The fraction of sp³-hybridized carbons (Fsp3) is 0.389. The molecule has 7 nitrogen and oxygen atoms in total. The topological polar surface area (TPSA) is 85.4 Å². The van der Waals surface area contributed by atoms with Crippen molar-refractivity contribution in [1.82, 2.24) is 15.5 Å². The lowest BCUT2D eigenvalue weighted by Gasteiger charge is -2.07. The number of rotatable bonds is 8. The van der Waals surface area contributed by atoms with Crippen molar-refractivity contribution < 1.29 is 14.3 Å². The Morgan fingerprint density at radius 3 is 2.80 bits per heavy atom. The highest BCUT2D eigenvalue weighted by Gasteiger charge is 2.13. The van der Waals surface area contributed by atoms with E-state index in [1.807, 2.05) is 18.2 Å². The summed E-state index contributed by atoms with van der Waals surface area (Å²) in [6, 6.07) is 9.20. The highest BCUT2D eigenvalue weighted by molar-refractivity contribution is 5.92. The Hall–Kier alpha value is -2.83. The van der Waals surface area contributed by atoms with Gasteiger partial charge in [0.2, 0.25) is 6.79 Å². The van der Waals surface area contributed by atoms with E-state index in [0.29, 0.717) is 24.6 Å². The van der Waals surface area contributed by atoms with Crippen LogP contribution >= 0.6 is 0 Å². The molecule has 0 aliphatic carbocycles. The number of benzene rings is 1. The van der Waals surface area contributed by atoms with Gasteiger partial charge in [0.25, 0.3) is 5.91 Å². The molecular formula is C18H22N4O3. The molecule has 0 fully saturated rings. The summed E-state index contributed by atoms with van der Waals surface area (Å²) in [5.74, 6) is 1.93. The van der Waals surface area contributed by atoms with Crippen molar-refractivity contribution in [3.8, 4) is 11.5 Å². The molecule has 132 valence electrons. The predicted octanol–water partition coefficient (Wildman–Crippen LogP) is 2.74. The van der Waals surface area contributed by atoms with Crippen molar-refractivity contribution in [1.29, 1.82) is 0 Å². The zero-order valence-electron chi connectivity index (χ0n) is 14.2. The zero-order chi connectivity index (χ0) is 17.5. The number of nitrogens with one attached hydrogen (secondary N) is 2. The largest absolute Gasteiger partial charge is 0.454 e. The fourth-order valence-electron chi connectivity index (χ4n) is 2.46. The lowest BCUT2D eigenvalue weighted by atomic mass is 10.2. The molecule has 7 heteroatoms. The summed E-state index contributed by atoms with van der Waals surface area (Å²) in [4.78, 5) is 11.9. The van der Waals surface area contributed by atoms with Crippen LogP contribution in [0.15, 0.2) is 30.3 Å². The van der Waals surface area contributed by atoms with Crippen LogP contribution in [-0.4, -0.2) is 29.4 Å². The van der Waals surface area contributed by atoms with E-state index in [0.717, 1.165) is 36.3 Å². The molecule has 1 aromatic carbocycles. The van der Waals surface area contributed by atoms with E-state index in [-0.39, 0.29) is 12.7 Å². The summed E-state index contributed by atoms with van der Waals surface area (Å²) in [7, 11) is 0. The lowest BCUT2D eigenvalue weighted by Crippen LogP contribution is -2.25. The third-order valence-electron chi connectivity index (χ3n) is 3.87. The number of carbonyl (C=O) groups is 1. The van der Waals surface area contributed by atoms with E-state index in [4.69, 9.17) is 9.47 Å². The van der Waals surface area contributed by atoms with E-state index < -0.39 is 0 Å². The molecule has 1 aliphatic rings. The first kappa shape index (κ1) is 17.0. The smallest absolute Gasteiger partial charge is 0.271 e. The lowest BCUT2D eigenvalue weighted by molar-refractivity contribution is 0.0947. The van der Waals surface area contributed by atoms with Crippen LogP contribution in [0.3, 0.4) is 0 Å². The minimum absolute atomic E-state index is 0.189. The second kappa shape index (κ2) is 8.32. The maximum atomic E-state index is 11.9. The Morgan fingerprint density at radius 2 is 2.00 bits per heavy atom. The number of anilines is 1. The van der Waals surface area contributed by atoms with Crippen molar-refractivity contribution in [3.63, 3.8) is 0 Å². The van der Waals surface area contributed by atoms with Crippen molar-refractivity contribution in [3.05, 3.63) is 41.6 Å². The van der Waals surface area contributed by atoms with Crippen LogP contribution < -0.4 is 20.1 Å². The normalized spacial score (nSPS) is 12.0. The standard InChI is InChI=1S/C18H22N4O3/c1-2-3-4-9-19-18(23)14-6-8-17(22-21-14)20-11-13-5-7-15-16(10-13)25-12-24-15/h5-8,10H,2-4,9,11-12H2,1H3,(H,19,23)(H,20,22). The van der Waals surface area contributed by atoms with Gasteiger partial charge in [-0.15, -0.1) is 10.2 Å². The van der Waals surface area contributed by atoms with Gasteiger partial charge in [0.1, 0.15) is 5.82 Å². The summed E-state index contributed by atoms with van der Waals surface area (Å²) in [5.41, 5.74) is 1.37.